The van der Waals surface area contributed by atoms with Gasteiger partial charge in [0, 0.05) is 11.5 Å². The number of aromatic nitrogens is 1. The van der Waals surface area contributed by atoms with Gasteiger partial charge in [-0.3, -0.25) is 14.5 Å². The van der Waals surface area contributed by atoms with E-state index in [-0.39, 0.29) is 22.6 Å². The van der Waals surface area contributed by atoms with Crippen LogP contribution < -0.4 is 19.8 Å². The first-order valence-corrected chi connectivity index (χ1v) is 12.1. The molecule has 0 unspecified atom stereocenters. The molecule has 0 aliphatic carbocycles. The first-order valence-electron chi connectivity index (χ1n) is 12.1. The minimum Gasteiger partial charge on any atom is -0.493 e. The Bertz CT molecular complexity index is 1730. The van der Waals surface area contributed by atoms with Gasteiger partial charge in [0.1, 0.15) is 11.3 Å². The summed E-state index contributed by atoms with van der Waals surface area (Å²) in [6.07, 6.45) is 0.845. The second-order valence-corrected chi connectivity index (χ2v) is 8.97. The zero-order chi connectivity index (χ0) is 25.7. The Morgan fingerprint density at radius 3 is 2.59 bits per heavy atom. The number of methoxy groups -OCH3 is 1. The van der Waals surface area contributed by atoms with Gasteiger partial charge < -0.3 is 18.4 Å². The lowest BCUT2D eigenvalue weighted by Crippen LogP contribution is -2.29. The van der Waals surface area contributed by atoms with Gasteiger partial charge in [-0.15, -0.1) is 0 Å². The molecule has 3 heterocycles. The number of amides is 1. The summed E-state index contributed by atoms with van der Waals surface area (Å²) in [5, 5.41) is 6.17. The molecule has 0 bridgehead atoms. The van der Waals surface area contributed by atoms with Gasteiger partial charge in [0.25, 0.3) is 5.91 Å². The van der Waals surface area contributed by atoms with E-state index < -0.39 is 11.9 Å². The van der Waals surface area contributed by atoms with Crippen LogP contribution in [0.25, 0.3) is 21.7 Å². The van der Waals surface area contributed by atoms with Gasteiger partial charge in [0.2, 0.25) is 5.76 Å². The summed E-state index contributed by atoms with van der Waals surface area (Å²) in [4.78, 5) is 29.3. The molecule has 0 fully saturated rings. The van der Waals surface area contributed by atoms with Crippen LogP contribution in [0.4, 0.5) is 5.82 Å². The number of hydrogen-bond donors (Lipinski definition) is 0. The minimum atomic E-state index is -0.798. The Labute approximate surface area is 212 Å². The highest BCUT2D eigenvalue weighted by Gasteiger charge is 2.45. The average molecular weight is 497 g/mol. The van der Waals surface area contributed by atoms with Crippen molar-refractivity contribution >= 4 is 33.5 Å². The molecule has 186 valence electrons. The SMILES string of the molecule is CCCOc1ccc([C@H]2c3c(oc4c(ccc5ccccc54)c3=O)C(=O)N2c2cc(C)on2)cc1OC. The molecule has 0 N–H and O–H groups in total. The predicted molar refractivity (Wildman–Crippen MR) is 139 cm³/mol. The fourth-order valence-electron chi connectivity index (χ4n) is 4.90. The van der Waals surface area contributed by atoms with E-state index in [0.717, 1.165) is 17.2 Å². The van der Waals surface area contributed by atoms with E-state index in [1.165, 1.54) is 4.90 Å². The number of aryl methyl sites for hydroxylation is 1. The highest BCUT2D eigenvalue weighted by Crippen LogP contribution is 2.43. The Kier molecular flexibility index (Phi) is 5.44. The fraction of sp³-hybridized carbons (Fsp3) is 0.207. The maximum Gasteiger partial charge on any atom is 0.296 e. The molecular weight excluding hydrogens is 472 g/mol. The molecule has 1 amide bonds. The molecule has 1 atom stereocenters. The van der Waals surface area contributed by atoms with E-state index >= 15 is 0 Å². The number of nitrogens with zero attached hydrogens (tertiary/aromatic N) is 2. The second kappa shape index (κ2) is 8.81. The number of fused-ring (bicyclic) bond motifs is 4. The molecular formula is C29H24N2O6. The molecule has 6 rings (SSSR count). The quantitative estimate of drug-likeness (QED) is 0.275. The summed E-state index contributed by atoms with van der Waals surface area (Å²) in [6.45, 7) is 4.30. The summed E-state index contributed by atoms with van der Waals surface area (Å²) < 4.78 is 22.9. The molecule has 0 spiro atoms. The van der Waals surface area contributed by atoms with E-state index in [2.05, 4.69) is 5.16 Å². The van der Waals surface area contributed by atoms with Gasteiger partial charge in [-0.2, -0.15) is 0 Å². The summed E-state index contributed by atoms with van der Waals surface area (Å²) >= 11 is 0. The Balaban J connectivity index is 1.61. The van der Waals surface area contributed by atoms with Crippen LogP contribution in [0.15, 0.2) is 74.4 Å². The molecule has 0 saturated heterocycles. The average Bonchev–Trinajstić information content (AvgIpc) is 3.47. The summed E-state index contributed by atoms with van der Waals surface area (Å²) in [6, 6.07) is 17.5. The van der Waals surface area contributed by atoms with Crippen LogP contribution in [-0.4, -0.2) is 24.8 Å². The normalized spacial score (nSPS) is 14.9. The van der Waals surface area contributed by atoms with Crippen molar-refractivity contribution in [1.29, 1.82) is 0 Å². The number of rotatable bonds is 6. The van der Waals surface area contributed by atoms with Crippen LogP contribution in [-0.2, 0) is 0 Å². The zero-order valence-corrected chi connectivity index (χ0v) is 20.6. The van der Waals surface area contributed by atoms with Crippen LogP contribution in [0.3, 0.4) is 0 Å². The Morgan fingerprint density at radius 1 is 1.00 bits per heavy atom. The van der Waals surface area contributed by atoms with Crippen molar-refractivity contribution in [2.75, 3.05) is 18.6 Å². The number of benzene rings is 3. The topological polar surface area (TPSA) is 95.0 Å². The lowest BCUT2D eigenvalue weighted by atomic mass is 9.97. The lowest BCUT2D eigenvalue weighted by molar-refractivity contribution is 0.0969. The first-order chi connectivity index (χ1) is 18.0. The van der Waals surface area contributed by atoms with E-state index in [1.807, 2.05) is 43.3 Å². The molecule has 5 aromatic rings. The third-order valence-corrected chi connectivity index (χ3v) is 6.59. The summed E-state index contributed by atoms with van der Waals surface area (Å²) in [7, 11) is 1.55. The van der Waals surface area contributed by atoms with Crippen molar-refractivity contribution in [2.45, 2.75) is 26.3 Å². The number of anilines is 1. The van der Waals surface area contributed by atoms with Gasteiger partial charge >= 0.3 is 0 Å². The first kappa shape index (κ1) is 22.8. The molecule has 0 saturated carbocycles. The summed E-state index contributed by atoms with van der Waals surface area (Å²) in [5.74, 6) is 1.43. The molecule has 3 aromatic carbocycles. The van der Waals surface area contributed by atoms with Crippen molar-refractivity contribution in [3.63, 3.8) is 0 Å². The smallest absolute Gasteiger partial charge is 0.296 e. The van der Waals surface area contributed by atoms with E-state index in [1.54, 1.807) is 38.3 Å². The summed E-state index contributed by atoms with van der Waals surface area (Å²) in [5.41, 5.74) is 1.01. The van der Waals surface area contributed by atoms with Gasteiger partial charge in [-0.05, 0) is 42.5 Å². The molecule has 2 aromatic heterocycles. The number of hydrogen-bond acceptors (Lipinski definition) is 7. The van der Waals surface area contributed by atoms with Crippen LogP contribution >= 0.6 is 0 Å². The van der Waals surface area contributed by atoms with Gasteiger partial charge in [-0.25, -0.2) is 0 Å². The van der Waals surface area contributed by atoms with Crippen LogP contribution in [0.5, 0.6) is 11.5 Å². The second-order valence-electron chi connectivity index (χ2n) is 8.97. The molecule has 37 heavy (non-hydrogen) atoms. The van der Waals surface area contributed by atoms with Crippen LogP contribution in [0, 0.1) is 6.92 Å². The van der Waals surface area contributed by atoms with E-state index in [4.69, 9.17) is 18.4 Å². The molecule has 8 nitrogen and oxygen atoms in total. The van der Waals surface area contributed by atoms with Gasteiger partial charge in [0.15, 0.2) is 22.7 Å². The third kappa shape index (κ3) is 3.56. The fourth-order valence-corrected chi connectivity index (χ4v) is 4.90. The lowest BCUT2D eigenvalue weighted by Gasteiger charge is -2.23. The number of ether oxygens (including phenoxy) is 2. The van der Waals surface area contributed by atoms with Crippen LogP contribution in [0.2, 0.25) is 0 Å². The van der Waals surface area contributed by atoms with Crippen molar-refractivity contribution in [2.24, 2.45) is 0 Å². The van der Waals surface area contributed by atoms with Crippen LogP contribution in [0.1, 0.15) is 46.8 Å². The monoisotopic (exact) mass is 496 g/mol. The molecule has 8 heteroatoms. The maximum absolute atomic E-state index is 14.0. The third-order valence-electron chi connectivity index (χ3n) is 6.59. The Morgan fingerprint density at radius 2 is 1.84 bits per heavy atom. The van der Waals surface area contributed by atoms with E-state index in [9.17, 15) is 9.59 Å². The van der Waals surface area contributed by atoms with E-state index in [0.29, 0.717) is 40.4 Å². The highest BCUT2D eigenvalue weighted by molar-refractivity contribution is 6.12. The van der Waals surface area contributed by atoms with Gasteiger partial charge in [-0.1, -0.05) is 48.5 Å². The molecule has 1 aliphatic rings. The van der Waals surface area contributed by atoms with Crippen molar-refractivity contribution < 1.29 is 23.2 Å². The molecule has 1 aliphatic heterocycles. The Hall–Kier alpha value is -4.59. The van der Waals surface area contributed by atoms with Crippen molar-refractivity contribution in [3.05, 3.63) is 93.5 Å². The van der Waals surface area contributed by atoms with Crippen molar-refractivity contribution in [1.82, 2.24) is 5.16 Å². The predicted octanol–water partition coefficient (Wildman–Crippen LogP) is 5.79. The molecule has 0 radical (unpaired) electrons. The largest absolute Gasteiger partial charge is 0.493 e. The minimum absolute atomic E-state index is 0.00946. The zero-order valence-electron chi connectivity index (χ0n) is 20.6. The van der Waals surface area contributed by atoms with Gasteiger partial charge in [0.05, 0.1) is 30.7 Å². The maximum atomic E-state index is 14.0. The standard InChI is InChI=1S/C29H24N2O6/c1-4-13-35-21-12-10-18(15-22(21)34-3)25-24-26(32)20-11-9-17-7-5-6-8-19(17)27(20)36-28(24)29(33)31(25)23-14-16(2)37-30-23/h5-12,14-15,25H,4,13H2,1-3H3/t25-/m0/s1. The number of carbonyl (C=O) groups is 1. The number of carbonyl (C=O) groups excluding carboxylic acids is 1. The highest BCUT2D eigenvalue weighted by atomic mass is 16.5. The van der Waals surface area contributed by atoms with Crippen molar-refractivity contribution in [3.8, 4) is 11.5 Å².